The third-order valence-electron chi connectivity index (χ3n) is 2.74. The van der Waals surface area contributed by atoms with Gasteiger partial charge in [-0.3, -0.25) is 0 Å². The van der Waals surface area contributed by atoms with Crippen LogP contribution in [-0.4, -0.2) is 11.7 Å². The average molecular weight is 296 g/mol. The first-order valence-electron chi connectivity index (χ1n) is 6.23. The van der Waals surface area contributed by atoms with Gasteiger partial charge < -0.3 is 15.2 Å². The van der Waals surface area contributed by atoms with E-state index in [2.05, 4.69) is 5.32 Å². The Balaban J connectivity index is 2.08. The van der Waals surface area contributed by atoms with E-state index in [0.717, 1.165) is 5.56 Å². The number of phenolic OH excluding ortho intramolecular Hbond substituents is 1. The zero-order chi connectivity index (χ0) is 14.5. The summed E-state index contributed by atoms with van der Waals surface area (Å²) in [6.07, 6.45) is 0. The molecule has 0 spiro atoms. The third kappa shape index (κ3) is 3.54. The molecule has 0 amide bonds. The summed E-state index contributed by atoms with van der Waals surface area (Å²) in [5, 5.41) is 13.1. The molecular weight excluding hydrogens is 281 g/mol. The van der Waals surface area contributed by atoms with Crippen LogP contribution in [0, 0.1) is 5.82 Å². The van der Waals surface area contributed by atoms with E-state index in [0.29, 0.717) is 29.6 Å². The highest BCUT2D eigenvalue weighted by molar-refractivity contribution is 6.33. The van der Waals surface area contributed by atoms with Crippen molar-refractivity contribution < 1.29 is 14.2 Å². The molecule has 3 nitrogen and oxygen atoms in total. The predicted molar refractivity (Wildman–Crippen MR) is 78.0 cm³/mol. The number of hydrogen-bond acceptors (Lipinski definition) is 3. The number of ether oxygens (including phenoxy) is 1. The van der Waals surface area contributed by atoms with E-state index in [1.165, 1.54) is 12.1 Å². The van der Waals surface area contributed by atoms with Gasteiger partial charge in [-0.2, -0.15) is 0 Å². The molecular formula is C15H15ClFNO2. The van der Waals surface area contributed by atoms with Crippen LogP contribution in [-0.2, 0) is 6.54 Å². The summed E-state index contributed by atoms with van der Waals surface area (Å²) in [5.74, 6) is 0.177. The maximum atomic E-state index is 12.9. The maximum Gasteiger partial charge on any atom is 0.161 e. The first-order valence-corrected chi connectivity index (χ1v) is 6.61. The van der Waals surface area contributed by atoms with Crippen molar-refractivity contribution in [3.05, 3.63) is 52.8 Å². The van der Waals surface area contributed by atoms with Crippen molar-refractivity contribution in [1.82, 2.24) is 0 Å². The van der Waals surface area contributed by atoms with Crippen LogP contribution in [0.2, 0.25) is 5.02 Å². The Hall–Kier alpha value is -1.94. The molecule has 2 aromatic rings. The van der Waals surface area contributed by atoms with E-state index in [4.69, 9.17) is 16.3 Å². The fraction of sp³-hybridized carbons (Fsp3) is 0.200. The van der Waals surface area contributed by atoms with Crippen LogP contribution in [0.15, 0.2) is 36.4 Å². The molecule has 2 rings (SSSR count). The second-order valence-electron chi connectivity index (χ2n) is 4.21. The molecule has 0 saturated carbocycles. The number of halogens is 2. The molecule has 0 saturated heterocycles. The van der Waals surface area contributed by atoms with E-state index in [1.807, 2.05) is 6.92 Å². The lowest BCUT2D eigenvalue weighted by molar-refractivity contribution is 0.318. The van der Waals surface area contributed by atoms with E-state index >= 15 is 0 Å². The number of anilines is 1. The van der Waals surface area contributed by atoms with Crippen molar-refractivity contribution in [1.29, 1.82) is 0 Å². The lowest BCUT2D eigenvalue weighted by Gasteiger charge is -2.11. The summed E-state index contributed by atoms with van der Waals surface area (Å²) >= 11 is 5.93. The minimum atomic E-state index is -0.371. The van der Waals surface area contributed by atoms with Crippen molar-refractivity contribution in [2.75, 3.05) is 11.9 Å². The van der Waals surface area contributed by atoms with Crippen LogP contribution < -0.4 is 10.1 Å². The normalized spacial score (nSPS) is 10.3. The summed E-state index contributed by atoms with van der Waals surface area (Å²) in [4.78, 5) is 0. The van der Waals surface area contributed by atoms with Crippen molar-refractivity contribution in [2.45, 2.75) is 13.5 Å². The molecule has 106 valence electrons. The summed E-state index contributed by atoms with van der Waals surface area (Å²) in [6, 6.07) is 9.30. The molecule has 2 N–H and O–H groups in total. The second-order valence-corrected chi connectivity index (χ2v) is 4.62. The molecule has 20 heavy (non-hydrogen) atoms. The van der Waals surface area contributed by atoms with E-state index in [9.17, 15) is 9.50 Å². The Morgan fingerprint density at radius 3 is 2.75 bits per heavy atom. The van der Waals surface area contributed by atoms with Gasteiger partial charge in [-0.1, -0.05) is 17.7 Å². The number of phenols is 1. The second kappa shape index (κ2) is 6.48. The van der Waals surface area contributed by atoms with Crippen LogP contribution in [0.3, 0.4) is 0 Å². The Kier molecular flexibility index (Phi) is 4.69. The first kappa shape index (κ1) is 14.5. The van der Waals surface area contributed by atoms with Crippen molar-refractivity contribution >= 4 is 17.3 Å². The third-order valence-corrected chi connectivity index (χ3v) is 3.05. The summed E-state index contributed by atoms with van der Waals surface area (Å²) in [7, 11) is 0. The minimum absolute atomic E-state index is 0.107. The van der Waals surface area contributed by atoms with E-state index in [1.54, 1.807) is 24.3 Å². The molecule has 0 aliphatic carbocycles. The minimum Gasteiger partial charge on any atom is -0.504 e. The van der Waals surface area contributed by atoms with Gasteiger partial charge in [0.25, 0.3) is 0 Å². The lowest BCUT2D eigenvalue weighted by Crippen LogP contribution is -2.01. The van der Waals surface area contributed by atoms with E-state index < -0.39 is 0 Å². The fourth-order valence-corrected chi connectivity index (χ4v) is 2.00. The number of benzene rings is 2. The van der Waals surface area contributed by atoms with Gasteiger partial charge in [0.05, 0.1) is 17.3 Å². The molecule has 0 atom stereocenters. The monoisotopic (exact) mass is 295 g/mol. The highest BCUT2D eigenvalue weighted by Gasteiger charge is 2.05. The maximum absolute atomic E-state index is 12.9. The van der Waals surface area contributed by atoms with Gasteiger partial charge in [0, 0.05) is 6.54 Å². The quantitative estimate of drug-likeness (QED) is 0.869. The number of rotatable bonds is 5. The molecule has 0 bridgehead atoms. The average Bonchev–Trinajstić information content (AvgIpc) is 2.41. The Morgan fingerprint density at radius 1 is 1.25 bits per heavy atom. The van der Waals surface area contributed by atoms with Gasteiger partial charge in [0.1, 0.15) is 5.82 Å². The van der Waals surface area contributed by atoms with Gasteiger partial charge in [-0.25, -0.2) is 4.39 Å². The van der Waals surface area contributed by atoms with Crippen molar-refractivity contribution in [3.8, 4) is 11.5 Å². The standard InChI is InChI=1S/C15H15ClFNO2/c1-2-20-15-7-10(3-6-14(15)19)9-18-13-5-4-11(17)8-12(13)16/h3-8,18-19H,2,9H2,1H3. The van der Waals surface area contributed by atoms with Gasteiger partial charge in [0.15, 0.2) is 11.5 Å². The molecule has 5 heteroatoms. The molecule has 0 radical (unpaired) electrons. The Bertz CT molecular complexity index is 604. The SMILES string of the molecule is CCOc1cc(CNc2ccc(F)cc2Cl)ccc1O. The van der Waals surface area contributed by atoms with Crippen LogP contribution >= 0.6 is 11.6 Å². The van der Waals surface area contributed by atoms with Crippen LogP contribution in [0.4, 0.5) is 10.1 Å². The molecule has 0 aliphatic rings. The Morgan fingerprint density at radius 2 is 2.05 bits per heavy atom. The number of nitrogens with one attached hydrogen (secondary N) is 1. The highest BCUT2D eigenvalue weighted by atomic mass is 35.5. The lowest BCUT2D eigenvalue weighted by atomic mass is 10.2. The summed E-state index contributed by atoms with van der Waals surface area (Å²) in [5.41, 5.74) is 1.57. The van der Waals surface area contributed by atoms with Crippen molar-refractivity contribution in [3.63, 3.8) is 0 Å². The topological polar surface area (TPSA) is 41.5 Å². The van der Waals surface area contributed by atoms with Crippen LogP contribution in [0.1, 0.15) is 12.5 Å². The molecule has 2 aromatic carbocycles. The van der Waals surface area contributed by atoms with E-state index in [-0.39, 0.29) is 11.6 Å². The summed E-state index contributed by atoms with van der Waals surface area (Å²) in [6.45, 7) is 2.82. The zero-order valence-corrected chi connectivity index (χ0v) is 11.7. The van der Waals surface area contributed by atoms with Crippen LogP contribution in [0.5, 0.6) is 11.5 Å². The van der Waals surface area contributed by atoms with Crippen molar-refractivity contribution in [2.24, 2.45) is 0 Å². The smallest absolute Gasteiger partial charge is 0.161 e. The van der Waals surface area contributed by atoms with Gasteiger partial charge in [0.2, 0.25) is 0 Å². The Labute approximate surface area is 122 Å². The molecule has 0 unspecified atom stereocenters. The van der Waals surface area contributed by atoms with Gasteiger partial charge in [-0.15, -0.1) is 0 Å². The molecule has 0 aromatic heterocycles. The van der Waals surface area contributed by atoms with Gasteiger partial charge in [-0.05, 0) is 42.8 Å². The summed E-state index contributed by atoms with van der Waals surface area (Å²) < 4.78 is 18.3. The molecule has 0 aliphatic heterocycles. The number of aromatic hydroxyl groups is 1. The fourth-order valence-electron chi connectivity index (χ4n) is 1.77. The first-order chi connectivity index (χ1) is 9.60. The zero-order valence-electron chi connectivity index (χ0n) is 11.0. The largest absolute Gasteiger partial charge is 0.504 e. The molecule has 0 fully saturated rings. The number of hydrogen-bond donors (Lipinski definition) is 2. The van der Waals surface area contributed by atoms with Gasteiger partial charge >= 0.3 is 0 Å². The van der Waals surface area contributed by atoms with Crippen LogP contribution in [0.25, 0.3) is 0 Å². The molecule has 0 heterocycles. The highest BCUT2D eigenvalue weighted by Crippen LogP contribution is 2.28. The predicted octanol–water partition coefficient (Wildman–Crippen LogP) is 4.20.